The highest BCUT2D eigenvalue weighted by Crippen LogP contribution is 2.19. The van der Waals surface area contributed by atoms with Gasteiger partial charge in [0, 0.05) is 24.5 Å². The first-order valence-corrected chi connectivity index (χ1v) is 8.02. The average molecular weight is 353 g/mol. The van der Waals surface area contributed by atoms with Gasteiger partial charge in [0.2, 0.25) is 0 Å². The lowest BCUT2D eigenvalue weighted by atomic mass is 10.1. The molecule has 1 amide bonds. The molecule has 6 heteroatoms. The van der Waals surface area contributed by atoms with E-state index in [2.05, 4.69) is 15.6 Å². The Labute approximate surface area is 149 Å². The lowest BCUT2D eigenvalue weighted by molar-refractivity contribution is 0.0950. The fraction of sp³-hybridized carbons (Fsp3) is 0.100. The molecule has 0 fully saturated rings. The molecule has 2 N–H and O–H groups in total. The van der Waals surface area contributed by atoms with Crippen LogP contribution < -0.4 is 10.6 Å². The number of aryl methyl sites for hydroxylation is 1. The largest absolute Gasteiger partial charge is 0.354 e. The van der Waals surface area contributed by atoms with Crippen LogP contribution in [-0.2, 0) is 6.54 Å². The number of anilines is 2. The normalized spacial score (nSPS) is 10.4. The Balaban J connectivity index is 1.66. The summed E-state index contributed by atoms with van der Waals surface area (Å²) < 4.78 is 26.3. The van der Waals surface area contributed by atoms with Crippen LogP contribution in [0.5, 0.6) is 0 Å². The molecule has 0 aliphatic heterocycles. The van der Waals surface area contributed by atoms with E-state index in [1.807, 2.05) is 31.2 Å². The standard InChI is InChI=1S/C20H17F2N3O/c1-13-2-4-14(5-3-13)10-24-20(26)15-8-17(12-23-11-15)25-16-6-7-18(21)19(22)9-16/h2-9,11-12,25H,10H2,1H3,(H,24,26). The summed E-state index contributed by atoms with van der Waals surface area (Å²) in [6.07, 6.45) is 2.94. The summed E-state index contributed by atoms with van der Waals surface area (Å²) in [5.74, 6) is -2.14. The van der Waals surface area contributed by atoms with E-state index in [9.17, 15) is 13.6 Å². The summed E-state index contributed by atoms with van der Waals surface area (Å²) >= 11 is 0. The molecule has 0 aliphatic carbocycles. The van der Waals surface area contributed by atoms with Crippen molar-refractivity contribution in [1.82, 2.24) is 10.3 Å². The molecule has 0 saturated carbocycles. The minimum Gasteiger partial charge on any atom is -0.354 e. The van der Waals surface area contributed by atoms with Crippen molar-refractivity contribution in [3.63, 3.8) is 0 Å². The molecular formula is C20H17F2N3O. The Kier molecular flexibility index (Phi) is 5.22. The Bertz CT molecular complexity index is 927. The van der Waals surface area contributed by atoms with Crippen LogP contribution in [-0.4, -0.2) is 10.9 Å². The highest BCUT2D eigenvalue weighted by Gasteiger charge is 2.08. The molecule has 1 heterocycles. The average Bonchev–Trinajstić information content (AvgIpc) is 2.64. The predicted octanol–water partition coefficient (Wildman–Crippen LogP) is 4.34. The number of amides is 1. The molecule has 0 radical (unpaired) electrons. The number of halogens is 2. The maximum atomic E-state index is 13.3. The van der Waals surface area contributed by atoms with E-state index < -0.39 is 11.6 Å². The number of carbonyl (C=O) groups is 1. The van der Waals surface area contributed by atoms with Gasteiger partial charge >= 0.3 is 0 Å². The lowest BCUT2D eigenvalue weighted by Gasteiger charge is -2.09. The molecule has 0 atom stereocenters. The quantitative estimate of drug-likeness (QED) is 0.717. The van der Waals surface area contributed by atoms with Crippen molar-refractivity contribution in [1.29, 1.82) is 0 Å². The Morgan fingerprint density at radius 2 is 1.73 bits per heavy atom. The number of pyridine rings is 1. The number of benzene rings is 2. The first kappa shape index (κ1) is 17.5. The van der Waals surface area contributed by atoms with Crippen molar-refractivity contribution in [3.8, 4) is 0 Å². The number of rotatable bonds is 5. The fourth-order valence-corrected chi connectivity index (χ4v) is 2.36. The SMILES string of the molecule is Cc1ccc(CNC(=O)c2cncc(Nc3ccc(F)c(F)c3)c2)cc1. The Morgan fingerprint density at radius 1 is 0.962 bits per heavy atom. The summed E-state index contributed by atoms with van der Waals surface area (Å²) in [5, 5.41) is 5.72. The van der Waals surface area contributed by atoms with Gasteiger partial charge in [0.25, 0.3) is 5.91 Å². The Morgan fingerprint density at radius 3 is 2.46 bits per heavy atom. The van der Waals surface area contributed by atoms with Gasteiger partial charge in [-0.1, -0.05) is 29.8 Å². The minimum absolute atomic E-state index is 0.271. The van der Waals surface area contributed by atoms with Crippen molar-refractivity contribution in [3.05, 3.63) is 89.2 Å². The fourth-order valence-electron chi connectivity index (χ4n) is 2.36. The number of aromatic nitrogens is 1. The first-order chi connectivity index (χ1) is 12.5. The van der Waals surface area contributed by atoms with Crippen molar-refractivity contribution in [2.75, 3.05) is 5.32 Å². The van der Waals surface area contributed by atoms with Gasteiger partial charge in [-0.25, -0.2) is 8.78 Å². The van der Waals surface area contributed by atoms with Crippen molar-refractivity contribution < 1.29 is 13.6 Å². The molecule has 3 aromatic rings. The van der Waals surface area contributed by atoms with E-state index >= 15 is 0 Å². The van der Waals surface area contributed by atoms with Crippen LogP contribution in [0.4, 0.5) is 20.2 Å². The van der Waals surface area contributed by atoms with Gasteiger partial charge in [-0.05, 0) is 30.7 Å². The molecule has 132 valence electrons. The van der Waals surface area contributed by atoms with Gasteiger partial charge in [-0.15, -0.1) is 0 Å². The van der Waals surface area contributed by atoms with Crippen LogP contribution in [0, 0.1) is 18.6 Å². The van der Waals surface area contributed by atoms with Crippen LogP contribution in [0.25, 0.3) is 0 Å². The second-order valence-electron chi connectivity index (χ2n) is 5.88. The summed E-state index contributed by atoms with van der Waals surface area (Å²) in [6.45, 7) is 2.40. The highest BCUT2D eigenvalue weighted by atomic mass is 19.2. The summed E-state index contributed by atoms with van der Waals surface area (Å²) in [6, 6.07) is 12.9. The van der Waals surface area contributed by atoms with Crippen LogP contribution >= 0.6 is 0 Å². The molecule has 0 bridgehead atoms. The van der Waals surface area contributed by atoms with Crippen molar-refractivity contribution in [2.24, 2.45) is 0 Å². The monoisotopic (exact) mass is 353 g/mol. The van der Waals surface area contributed by atoms with Crippen LogP contribution in [0.3, 0.4) is 0 Å². The van der Waals surface area contributed by atoms with Crippen LogP contribution in [0.1, 0.15) is 21.5 Å². The van der Waals surface area contributed by atoms with E-state index in [-0.39, 0.29) is 5.91 Å². The molecule has 2 aromatic carbocycles. The van der Waals surface area contributed by atoms with Crippen molar-refractivity contribution in [2.45, 2.75) is 13.5 Å². The first-order valence-electron chi connectivity index (χ1n) is 8.02. The molecule has 0 saturated heterocycles. The van der Waals surface area contributed by atoms with E-state index in [4.69, 9.17) is 0 Å². The van der Waals surface area contributed by atoms with Gasteiger partial charge in [0.05, 0.1) is 17.4 Å². The number of nitrogens with one attached hydrogen (secondary N) is 2. The molecule has 4 nitrogen and oxygen atoms in total. The summed E-state index contributed by atoms with van der Waals surface area (Å²) in [4.78, 5) is 16.3. The number of carbonyl (C=O) groups excluding carboxylic acids is 1. The molecular weight excluding hydrogens is 336 g/mol. The van der Waals surface area contributed by atoms with Crippen LogP contribution in [0.15, 0.2) is 60.9 Å². The van der Waals surface area contributed by atoms with Gasteiger partial charge in [-0.3, -0.25) is 9.78 Å². The topological polar surface area (TPSA) is 54.0 Å². The minimum atomic E-state index is -0.949. The maximum absolute atomic E-state index is 13.3. The van der Waals surface area contributed by atoms with Crippen LogP contribution in [0.2, 0.25) is 0 Å². The zero-order valence-corrected chi connectivity index (χ0v) is 14.1. The molecule has 0 aliphatic rings. The molecule has 3 rings (SSSR count). The predicted molar refractivity (Wildman–Crippen MR) is 96.2 cm³/mol. The highest BCUT2D eigenvalue weighted by molar-refractivity contribution is 5.94. The lowest BCUT2D eigenvalue weighted by Crippen LogP contribution is -2.23. The third-order valence-corrected chi connectivity index (χ3v) is 3.78. The third-order valence-electron chi connectivity index (χ3n) is 3.78. The second-order valence-corrected chi connectivity index (χ2v) is 5.88. The van der Waals surface area contributed by atoms with E-state index in [1.165, 1.54) is 18.5 Å². The molecule has 0 spiro atoms. The van der Waals surface area contributed by atoms with Crippen molar-refractivity contribution >= 4 is 17.3 Å². The van der Waals surface area contributed by atoms with Gasteiger partial charge < -0.3 is 10.6 Å². The van der Waals surface area contributed by atoms with E-state index in [1.54, 1.807) is 6.07 Å². The molecule has 0 unspecified atom stereocenters. The zero-order chi connectivity index (χ0) is 18.5. The van der Waals surface area contributed by atoms with Gasteiger partial charge in [0.15, 0.2) is 11.6 Å². The Hall–Kier alpha value is -3.28. The van der Waals surface area contributed by atoms with Gasteiger partial charge in [-0.2, -0.15) is 0 Å². The number of hydrogen-bond donors (Lipinski definition) is 2. The molecule has 1 aromatic heterocycles. The van der Waals surface area contributed by atoms with E-state index in [0.717, 1.165) is 23.3 Å². The second kappa shape index (κ2) is 7.74. The summed E-state index contributed by atoms with van der Waals surface area (Å²) in [7, 11) is 0. The van der Waals surface area contributed by atoms with Gasteiger partial charge in [0.1, 0.15) is 0 Å². The third kappa shape index (κ3) is 4.42. The smallest absolute Gasteiger partial charge is 0.253 e. The van der Waals surface area contributed by atoms with E-state index in [0.29, 0.717) is 23.5 Å². The maximum Gasteiger partial charge on any atom is 0.253 e. The zero-order valence-electron chi connectivity index (χ0n) is 14.1. The number of nitrogens with zero attached hydrogens (tertiary/aromatic N) is 1. The number of hydrogen-bond acceptors (Lipinski definition) is 3. The molecule has 26 heavy (non-hydrogen) atoms. The summed E-state index contributed by atoms with van der Waals surface area (Å²) in [5.41, 5.74) is 3.37.